The van der Waals surface area contributed by atoms with Crippen molar-refractivity contribution in [2.45, 2.75) is 19.4 Å². The first kappa shape index (κ1) is 19.4. The van der Waals surface area contributed by atoms with Gasteiger partial charge in [0.15, 0.2) is 0 Å². The van der Waals surface area contributed by atoms with Gasteiger partial charge in [-0.05, 0) is 36.2 Å². The summed E-state index contributed by atoms with van der Waals surface area (Å²) >= 11 is 0. The quantitative estimate of drug-likeness (QED) is 0.736. The van der Waals surface area contributed by atoms with Crippen molar-refractivity contribution in [2.24, 2.45) is 0 Å². The van der Waals surface area contributed by atoms with Crippen LogP contribution in [0.1, 0.15) is 28.8 Å². The number of carbonyl (C=O) groups is 3. The molecule has 7 nitrogen and oxygen atoms in total. The van der Waals surface area contributed by atoms with E-state index in [0.29, 0.717) is 38.2 Å². The summed E-state index contributed by atoms with van der Waals surface area (Å²) in [5.41, 5.74) is 2.23. The number of hydrogen-bond donors (Lipinski definition) is 2. The molecule has 0 saturated carbocycles. The lowest BCUT2D eigenvalue weighted by Crippen LogP contribution is -2.32. The summed E-state index contributed by atoms with van der Waals surface area (Å²) in [5, 5.41) is 11.6. The second kappa shape index (κ2) is 9.03. The number of carboxylic acids is 1. The molecule has 0 aliphatic carbocycles. The fourth-order valence-corrected chi connectivity index (χ4v) is 3.16. The van der Waals surface area contributed by atoms with Crippen LogP contribution in [0.3, 0.4) is 0 Å². The predicted molar refractivity (Wildman–Crippen MR) is 105 cm³/mol. The van der Waals surface area contributed by atoms with E-state index < -0.39 is 5.97 Å². The molecule has 2 aromatic rings. The first-order valence-corrected chi connectivity index (χ1v) is 9.25. The number of carboxylic acid groups (broad SMARTS) is 1. The molecule has 1 heterocycles. The fraction of sp³-hybridized carbons (Fsp3) is 0.286. The van der Waals surface area contributed by atoms with Crippen LogP contribution in [0, 0.1) is 0 Å². The molecule has 28 heavy (non-hydrogen) atoms. The van der Waals surface area contributed by atoms with E-state index in [0.717, 1.165) is 11.3 Å². The zero-order valence-electron chi connectivity index (χ0n) is 15.5. The largest absolute Gasteiger partial charge is 0.481 e. The van der Waals surface area contributed by atoms with E-state index in [1.165, 1.54) is 0 Å². The molecule has 1 aliphatic rings. The number of hydrogen-bond acceptors (Lipinski definition) is 3. The molecule has 1 aliphatic heterocycles. The lowest BCUT2D eigenvalue weighted by atomic mass is 10.1. The SMILES string of the molecule is O=C(O)CCCN(Cc1ccccc1)C(=O)c1ccc(N2CCNC2=O)cc1. The molecule has 3 amide bonds. The molecule has 2 aromatic carbocycles. The first-order valence-electron chi connectivity index (χ1n) is 9.25. The predicted octanol–water partition coefficient (Wildman–Crippen LogP) is 2.72. The zero-order chi connectivity index (χ0) is 19.9. The summed E-state index contributed by atoms with van der Waals surface area (Å²) in [6.07, 6.45) is 0.404. The molecule has 0 unspecified atom stereocenters. The zero-order valence-corrected chi connectivity index (χ0v) is 15.5. The second-order valence-corrected chi connectivity index (χ2v) is 6.64. The summed E-state index contributed by atoms with van der Waals surface area (Å²) in [7, 11) is 0. The van der Waals surface area contributed by atoms with Gasteiger partial charge in [0.1, 0.15) is 0 Å². The van der Waals surface area contributed by atoms with Gasteiger partial charge < -0.3 is 15.3 Å². The number of rotatable bonds is 8. The molecular weight excluding hydrogens is 358 g/mol. The van der Waals surface area contributed by atoms with Crippen molar-refractivity contribution in [2.75, 3.05) is 24.5 Å². The first-order chi connectivity index (χ1) is 13.5. The molecular formula is C21H23N3O4. The van der Waals surface area contributed by atoms with E-state index in [4.69, 9.17) is 5.11 Å². The number of anilines is 1. The monoisotopic (exact) mass is 381 g/mol. The summed E-state index contributed by atoms with van der Waals surface area (Å²) in [6.45, 7) is 1.97. The third kappa shape index (κ3) is 4.88. The Hall–Kier alpha value is -3.35. The Labute approximate surface area is 163 Å². The lowest BCUT2D eigenvalue weighted by molar-refractivity contribution is -0.137. The smallest absolute Gasteiger partial charge is 0.321 e. The molecule has 1 fully saturated rings. The minimum Gasteiger partial charge on any atom is -0.481 e. The molecule has 0 radical (unpaired) electrons. The Morgan fingerprint density at radius 3 is 2.39 bits per heavy atom. The normalized spacial score (nSPS) is 13.3. The molecule has 3 rings (SSSR count). The number of carbonyl (C=O) groups excluding carboxylic acids is 2. The average molecular weight is 381 g/mol. The van der Waals surface area contributed by atoms with Gasteiger partial charge in [-0.3, -0.25) is 14.5 Å². The number of amides is 3. The van der Waals surface area contributed by atoms with Gasteiger partial charge in [-0.2, -0.15) is 0 Å². The lowest BCUT2D eigenvalue weighted by Gasteiger charge is -2.23. The highest BCUT2D eigenvalue weighted by Crippen LogP contribution is 2.19. The number of nitrogens with one attached hydrogen (secondary N) is 1. The summed E-state index contributed by atoms with van der Waals surface area (Å²) in [5.74, 6) is -1.04. The van der Waals surface area contributed by atoms with Crippen LogP contribution in [0.2, 0.25) is 0 Å². The van der Waals surface area contributed by atoms with Gasteiger partial charge in [0.05, 0.1) is 0 Å². The average Bonchev–Trinajstić information content (AvgIpc) is 3.13. The Bertz CT molecular complexity index is 836. The van der Waals surface area contributed by atoms with Crippen LogP contribution >= 0.6 is 0 Å². The van der Waals surface area contributed by atoms with Crippen molar-refractivity contribution < 1.29 is 19.5 Å². The number of nitrogens with zero attached hydrogens (tertiary/aromatic N) is 2. The second-order valence-electron chi connectivity index (χ2n) is 6.64. The van der Waals surface area contributed by atoms with Gasteiger partial charge in [0, 0.05) is 43.9 Å². The topological polar surface area (TPSA) is 89.9 Å². The Morgan fingerprint density at radius 2 is 1.79 bits per heavy atom. The highest BCUT2D eigenvalue weighted by Gasteiger charge is 2.22. The molecule has 0 aromatic heterocycles. The Morgan fingerprint density at radius 1 is 1.07 bits per heavy atom. The van der Waals surface area contributed by atoms with Crippen molar-refractivity contribution in [3.05, 3.63) is 65.7 Å². The van der Waals surface area contributed by atoms with Crippen LogP contribution in [0.25, 0.3) is 0 Å². The van der Waals surface area contributed by atoms with Gasteiger partial charge in [0.25, 0.3) is 5.91 Å². The number of benzene rings is 2. The molecule has 0 bridgehead atoms. The Balaban J connectivity index is 1.73. The van der Waals surface area contributed by atoms with E-state index in [9.17, 15) is 14.4 Å². The maximum atomic E-state index is 13.0. The van der Waals surface area contributed by atoms with E-state index in [1.54, 1.807) is 34.1 Å². The van der Waals surface area contributed by atoms with Gasteiger partial charge in [0.2, 0.25) is 0 Å². The number of urea groups is 1. The van der Waals surface area contributed by atoms with Gasteiger partial charge in [-0.1, -0.05) is 30.3 Å². The van der Waals surface area contributed by atoms with Crippen molar-refractivity contribution in [3.63, 3.8) is 0 Å². The standard InChI is InChI=1S/C21H23N3O4/c25-19(26)7-4-13-23(15-16-5-2-1-3-6-16)20(27)17-8-10-18(11-9-17)24-14-12-22-21(24)28/h1-3,5-6,8-11H,4,7,12-15H2,(H,22,28)(H,25,26). The van der Waals surface area contributed by atoms with Gasteiger partial charge in [-0.25, -0.2) is 4.79 Å². The highest BCUT2D eigenvalue weighted by molar-refractivity contribution is 5.97. The van der Waals surface area contributed by atoms with Crippen molar-refractivity contribution >= 4 is 23.6 Å². The van der Waals surface area contributed by atoms with Gasteiger partial charge in [-0.15, -0.1) is 0 Å². The fourth-order valence-electron chi connectivity index (χ4n) is 3.16. The van der Waals surface area contributed by atoms with Gasteiger partial charge >= 0.3 is 12.0 Å². The maximum Gasteiger partial charge on any atom is 0.321 e. The molecule has 0 spiro atoms. The molecule has 2 N–H and O–H groups in total. The van der Waals surface area contributed by atoms with E-state index >= 15 is 0 Å². The highest BCUT2D eigenvalue weighted by atomic mass is 16.4. The minimum atomic E-state index is -0.875. The minimum absolute atomic E-state index is 0.0155. The maximum absolute atomic E-state index is 13.0. The van der Waals surface area contributed by atoms with Crippen LogP contribution in [0.5, 0.6) is 0 Å². The molecule has 0 atom stereocenters. The van der Waals surface area contributed by atoms with Crippen molar-refractivity contribution in [1.82, 2.24) is 10.2 Å². The Kier molecular flexibility index (Phi) is 6.26. The van der Waals surface area contributed by atoms with Crippen LogP contribution in [-0.4, -0.2) is 47.5 Å². The third-order valence-corrected chi connectivity index (χ3v) is 4.60. The van der Waals surface area contributed by atoms with Crippen molar-refractivity contribution in [1.29, 1.82) is 0 Å². The molecule has 7 heteroatoms. The third-order valence-electron chi connectivity index (χ3n) is 4.60. The van der Waals surface area contributed by atoms with E-state index in [2.05, 4.69) is 5.32 Å². The van der Waals surface area contributed by atoms with Crippen LogP contribution in [-0.2, 0) is 11.3 Å². The van der Waals surface area contributed by atoms with Crippen LogP contribution in [0.4, 0.5) is 10.5 Å². The summed E-state index contributed by atoms with van der Waals surface area (Å²) < 4.78 is 0. The van der Waals surface area contributed by atoms with Crippen molar-refractivity contribution in [3.8, 4) is 0 Å². The van der Waals surface area contributed by atoms with Crippen LogP contribution < -0.4 is 10.2 Å². The number of aliphatic carboxylic acids is 1. The molecule has 146 valence electrons. The summed E-state index contributed by atoms with van der Waals surface area (Å²) in [4.78, 5) is 38.9. The molecule has 1 saturated heterocycles. The van der Waals surface area contributed by atoms with E-state index in [-0.39, 0.29) is 18.4 Å². The summed E-state index contributed by atoms with van der Waals surface area (Å²) in [6, 6.07) is 16.4. The van der Waals surface area contributed by atoms with Crippen LogP contribution in [0.15, 0.2) is 54.6 Å². The van der Waals surface area contributed by atoms with E-state index in [1.807, 2.05) is 30.3 Å².